The normalized spacial score (nSPS) is 18.6. The Labute approximate surface area is 129 Å². The van der Waals surface area contributed by atoms with Crippen molar-refractivity contribution in [3.63, 3.8) is 0 Å². The second kappa shape index (κ2) is 5.74. The summed E-state index contributed by atoms with van der Waals surface area (Å²) in [5.74, 6) is 0.717. The minimum atomic E-state index is -0.296. The maximum atomic E-state index is 12.0. The van der Waals surface area contributed by atoms with Crippen LogP contribution in [-0.4, -0.2) is 26.8 Å². The average Bonchev–Trinajstić information content (AvgIpc) is 2.54. The van der Waals surface area contributed by atoms with E-state index in [0.717, 1.165) is 35.2 Å². The molecular formula is C17H21NO4. The van der Waals surface area contributed by atoms with Crippen molar-refractivity contribution in [2.24, 2.45) is 0 Å². The first-order valence-corrected chi connectivity index (χ1v) is 7.48. The summed E-state index contributed by atoms with van der Waals surface area (Å²) >= 11 is 0. The van der Waals surface area contributed by atoms with Gasteiger partial charge in [0.15, 0.2) is 0 Å². The smallest absolute Gasteiger partial charge is 0.339 e. The number of aryl methyl sites for hydroxylation is 2. The molecule has 2 heterocycles. The third kappa shape index (κ3) is 2.30. The summed E-state index contributed by atoms with van der Waals surface area (Å²) in [6.45, 7) is 7.93. The van der Waals surface area contributed by atoms with Crippen LogP contribution in [0.5, 0.6) is 5.75 Å². The van der Waals surface area contributed by atoms with Crippen molar-refractivity contribution in [3.05, 3.63) is 38.7 Å². The van der Waals surface area contributed by atoms with E-state index in [1.807, 2.05) is 19.9 Å². The zero-order chi connectivity index (χ0) is 15.9. The van der Waals surface area contributed by atoms with Gasteiger partial charge in [-0.15, -0.1) is 0 Å². The van der Waals surface area contributed by atoms with Gasteiger partial charge in [-0.1, -0.05) is 0 Å². The van der Waals surface area contributed by atoms with Gasteiger partial charge in [-0.25, -0.2) is 4.79 Å². The monoisotopic (exact) mass is 303 g/mol. The summed E-state index contributed by atoms with van der Waals surface area (Å²) in [6, 6.07) is 2.00. The summed E-state index contributed by atoms with van der Waals surface area (Å²) in [5, 5.41) is 4.19. The molecule has 1 aromatic carbocycles. The van der Waals surface area contributed by atoms with Crippen molar-refractivity contribution in [2.45, 2.75) is 26.9 Å². The van der Waals surface area contributed by atoms with Crippen LogP contribution in [0.2, 0.25) is 0 Å². The predicted octanol–water partition coefficient (Wildman–Crippen LogP) is 2.39. The van der Waals surface area contributed by atoms with Crippen LogP contribution in [0.1, 0.15) is 28.4 Å². The van der Waals surface area contributed by atoms with Crippen LogP contribution in [0.25, 0.3) is 11.0 Å². The van der Waals surface area contributed by atoms with Crippen molar-refractivity contribution in [1.29, 1.82) is 0 Å². The lowest BCUT2D eigenvalue weighted by atomic mass is 9.96. The lowest BCUT2D eigenvalue weighted by Crippen LogP contribution is -2.33. The number of morpholine rings is 1. The minimum absolute atomic E-state index is 0.0565. The molecule has 22 heavy (non-hydrogen) atoms. The molecule has 1 unspecified atom stereocenters. The molecule has 1 aromatic heterocycles. The molecule has 3 rings (SSSR count). The molecule has 5 nitrogen and oxygen atoms in total. The van der Waals surface area contributed by atoms with E-state index in [2.05, 4.69) is 5.32 Å². The van der Waals surface area contributed by atoms with Gasteiger partial charge in [-0.3, -0.25) is 0 Å². The molecule has 0 bridgehead atoms. The molecule has 1 aliphatic heterocycles. The Bertz CT molecular complexity index is 773. The molecule has 0 saturated carbocycles. The van der Waals surface area contributed by atoms with Gasteiger partial charge >= 0.3 is 5.63 Å². The largest absolute Gasteiger partial charge is 0.496 e. The second-order valence-electron chi connectivity index (χ2n) is 5.70. The lowest BCUT2D eigenvalue weighted by Gasteiger charge is -2.26. The average molecular weight is 303 g/mol. The summed E-state index contributed by atoms with van der Waals surface area (Å²) in [6.07, 6.45) is -0.0565. The fraction of sp³-hybridized carbons (Fsp3) is 0.471. The Balaban J connectivity index is 2.30. The second-order valence-corrected chi connectivity index (χ2v) is 5.70. The number of benzene rings is 1. The van der Waals surface area contributed by atoms with E-state index in [0.29, 0.717) is 23.5 Å². The molecule has 1 N–H and O–H groups in total. The molecular weight excluding hydrogens is 282 g/mol. The van der Waals surface area contributed by atoms with Gasteiger partial charge in [0.1, 0.15) is 11.3 Å². The van der Waals surface area contributed by atoms with Crippen LogP contribution in [0.3, 0.4) is 0 Å². The van der Waals surface area contributed by atoms with Crippen molar-refractivity contribution in [2.75, 3.05) is 26.8 Å². The van der Waals surface area contributed by atoms with Crippen molar-refractivity contribution >= 4 is 11.0 Å². The number of hydrogen-bond acceptors (Lipinski definition) is 5. The van der Waals surface area contributed by atoms with Crippen LogP contribution < -0.4 is 15.7 Å². The molecule has 1 aliphatic rings. The molecule has 1 fully saturated rings. The minimum Gasteiger partial charge on any atom is -0.496 e. The first-order valence-electron chi connectivity index (χ1n) is 7.48. The van der Waals surface area contributed by atoms with Gasteiger partial charge in [-0.2, -0.15) is 0 Å². The maximum absolute atomic E-state index is 12.0. The highest BCUT2D eigenvalue weighted by Gasteiger charge is 2.23. The van der Waals surface area contributed by atoms with Gasteiger partial charge in [0.05, 0.1) is 25.2 Å². The molecule has 1 atom stereocenters. The van der Waals surface area contributed by atoms with Crippen LogP contribution >= 0.6 is 0 Å². The first kappa shape index (κ1) is 15.1. The quantitative estimate of drug-likeness (QED) is 0.863. The van der Waals surface area contributed by atoms with Crippen molar-refractivity contribution < 1.29 is 13.9 Å². The van der Waals surface area contributed by atoms with Crippen LogP contribution in [0, 0.1) is 20.8 Å². The highest BCUT2D eigenvalue weighted by atomic mass is 16.5. The fourth-order valence-electron chi connectivity index (χ4n) is 3.01. The van der Waals surface area contributed by atoms with Gasteiger partial charge in [0, 0.05) is 18.7 Å². The number of rotatable bonds is 2. The van der Waals surface area contributed by atoms with Crippen molar-refractivity contribution in [1.82, 2.24) is 5.32 Å². The fourth-order valence-corrected chi connectivity index (χ4v) is 3.01. The summed E-state index contributed by atoms with van der Waals surface area (Å²) in [7, 11) is 1.63. The molecule has 1 saturated heterocycles. The Morgan fingerprint density at radius 2 is 2.00 bits per heavy atom. The van der Waals surface area contributed by atoms with Crippen molar-refractivity contribution in [3.8, 4) is 5.75 Å². The van der Waals surface area contributed by atoms with E-state index >= 15 is 0 Å². The van der Waals surface area contributed by atoms with Gasteiger partial charge in [0.2, 0.25) is 0 Å². The highest BCUT2D eigenvalue weighted by molar-refractivity contribution is 5.90. The summed E-state index contributed by atoms with van der Waals surface area (Å²) < 4.78 is 17.0. The van der Waals surface area contributed by atoms with Gasteiger partial charge < -0.3 is 19.2 Å². The molecule has 2 aromatic rings. The van der Waals surface area contributed by atoms with E-state index in [4.69, 9.17) is 13.9 Å². The number of nitrogens with one attached hydrogen (secondary N) is 1. The first-order chi connectivity index (χ1) is 10.5. The Morgan fingerprint density at radius 3 is 2.64 bits per heavy atom. The van der Waals surface area contributed by atoms with Gasteiger partial charge in [0.25, 0.3) is 0 Å². The summed E-state index contributed by atoms with van der Waals surface area (Å²) in [4.78, 5) is 12.0. The highest BCUT2D eigenvalue weighted by Crippen LogP contribution is 2.37. The number of methoxy groups -OCH3 is 1. The van der Waals surface area contributed by atoms with E-state index in [-0.39, 0.29) is 11.7 Å². The third-order valence-corrected chi connectivity index (χ3v) is 4.47. The zero-order valence-corrected chi connectivity index (χ0v) is 13.4. The molecule has 0 radical (unpaired) electrons. The Morgan fingerprint density at radius 1 is 1.23 bits per heavy atom. The number of hydrogen-bond donors (Lipinski definition) is 1. The molecule has 0 spiro atoms. The zero-order valence-electron chi connectivity index (χ0n) is 13.4. The Kier molecular flexibility index (Phi) is 3.93. The lowest BCUT2D eigenvalue weighted by molar-refractivity contribution is 0.0272. The molecule has 0 amide bonds. The number of ether oxygens (including phenoxy) is 2. The third-order valence-electron chi connectivity index (χ3n) is 4.47. The van der Waals surface area contributed by atoms with Gasteiger partial charge in [-0.05, 0) is 43.5 Å². The maximum Gasteiger partial charge on any atom is 0.339 e. The molecule has 118 valence electrons. The van der Waals surface area contributed by atoms with Crippen LogP contribution in [-0.2, 0) is 4.74 Å². The van der Waals surface area contributed by atoms with Crippen LogP contribution in [0.4, 0.5) is 0 Å². The molecule has 0 aliphatic carbocycles. The molecule has 5 heteroatoms. The number of fused-ring (bicyclic) bond motifs is 1. The predicted molar refractivity (Wildman–Crippen MR) is 84.8 cm³/mol. The van der Waals surface area contributed by atoms with E-state index in [1.165, 1.54) is 0 Å². The summed E-state index contributed by atoms with van der Waals surface area (Å²) in [5.41, 5.74) is 3.76. The topological polar surface area (TPSA) is 60.7 Å². The van der Waals surface area contributed by atoms with E-state index in [9.17, 15) is 4.79 Å². The van der Waals surface area contributed by atoms with Crippen LogP contribution in [0.15, 0.2) is 15.3 Å². The van der Waals surface area contributed by atoms with E-state index < -0.39 is 0 Å². The Hall–Kier alpha value is -1.85. The standard InChI is InChI=1S/C17H21NO4/c1-9-10(2)17(19)22-16-11(3)12(7-13(20-4)15(9)16)14-8-18-5-6-21-14/h7,14,18H,5-6,8H2,1-4H3. The van der Waals surface area contributed by atoms with E-state index in [1.54, 1.807) is 14.0 Å². The SMILES string of the molecule is COc1cc(C2CNCCO2)c(C)c2oc(=O)c(C)c(C)c12.